The van der Waals surface area contributed by atoms with E-state index in [0.29, 0.717) is 43.3 Å². The van der Waals surface area contributed by atoms with E-state index in [1.165, 1.54) is 12.1 Å². The maximum Gasteiger partial charge on any atom is 0.245 e. The van der Waals surface area contributed by atoms with Crippen molar-refractivity contribution in [2.24, 2.45) is 5.41 Å². The molecule has 2 aliphatic heterocycles. The maximum absolute atomic E-state index is 13.5. The molecule has 2 amide bonds. The van der Waals surface area contributed by atoms with Gasteiger partial charge >= 0.3 is 0 Å². The molecular formula is C23H29FN4O3. The Morgan fingerprint density at radius 3 is 2.68 bits per heavy atom. The highest BCUT2D eigenvalue weighted by Crippen LogP contribution is 2.31. The van der Waals surface area contributed by atoms with Crippen LogP contribution in [0.2, 0.25) is 0 Å². The SMILES string of the molecule is CC(C)(C)C(=O)N1CCCC1C(=O)N1CCCC(c2nc(-c3cccc(F)c3)no2)C1. The average molecular weight is 429 g/mol. The number of hydrogen-bond acceptors (Lipinski definition) is 5. The van der Waals surface area contributed by atoms with Crippen molar-refractivity contribution in [2.75, 3.05) is 19.6 Å². The molecule has 0 spiro atoms. The van der Waals surface area contributed by atoms with Gasteiger partial charge in [-0.25, -0.2) is 4.39 Å². The van der Waals surface area contributed by atoms with E-state index >= 15 is 0 Å². The van der Waals surface area contributed by atoms with Crippen molar-refractivity contribution in [1.29, 1.82) is 0 Å². The molecule has 2 atom stereocenters. The molecule has 3 heterocycles. The topological polar surface area (TPSA) is 79.5 Å². The lowest BCUT2D eigenvalue weighted by molar-refractivity contribution is -0.149. The summed E-state index contributed by atoms with van der Waals surface area (Å²) in [5.41, 5.74) is 0.0470. The Morgan fingerprint density at radius 1 is 1.16 bits per heavy atom. The molecule has 7 nitrogen and oxygen atoms in total. The van der Waals surface area contributed by atoms with Crippen molar-refractivity contribution in [3.05, 3.63) is 36.0 Å². The Kier molecular flexibility index (Phi) is 5.81. The minimum absolute atomic E-state index is 0.00432. The van der Waals surface area contributed by atoms with Gasteiger partial charge in [0.05, 0.1) is 5.92 Å². The number of rotatable bonds is 3. The van der Waals surface area contributed by atoms with E-state index in [1.54, 1.807) is 17.0 Å². The monoisotopic (exact) mass is 428 g/mol. The molecule has 2 unspecified atom stereocenters. The molecule has 0 saturated carbocycles. The molecule has 31 heavy (non-hydrogen) atoms. The number of amides is 2. The van der Waals surface area contributed by atoms with Crippen LogP contribution in [0.5, 0.6) is 0 Å². The van der Waals surface area contributed by atoms with Gasteiger partial charge in [-0.1, -0.05) is 38.1 Å². The first-order chi connectivity index (χ1) is 14.7. The summed E-state index contributed by atoms with van der Waals surface area (Å²) in [7, 11) is 0. The minimum Gasteiger partial charge on any atom is -0.340 e. The van der Waals surface area contributed by atoms with Crippen molar-refractivity contribution in [2.45, 2.75) is 58.4 Å². The molecule has 1 aromatic heterocycles. The van der Waals surface area contributed by atoms with Gasteiger partial charge in [-0.3, -0.25) is 9.59 Å². The van der Waals surface area contributed by atoms with Crippen LogP contribution in [0.1, 0.15) is 58.3 Å². The van der Waals surface area contributed by atoms with E-state index in [2.05, 4.69) is 10.1 Å². The Bertz CT molecular complexity index is 968. The number of nitrogens with zero attached hydrogens (tertiary/aromatic N) is 4. The minimum atomic E-state index is -0.510. The van der Waals surface area contributed by atoms with Gasteiger partial charge in [0, 0.05) is 30.6 Å². The Hall–Kier alpha value is -2.77. The third kappa shape index (κ3) is 4.48. The number of hydrogen-bond donors (Lipinski definition) is 0. The zero-order valence-electron chi connectivity index (χ0n) is 18.3. The van der Waals surface area contributed by atoms with Crippen molar-refractivity contribution in [3.8, 4) is 11.4 Å². The van der Waals surface area contributed by atoms with Crippen LogP contribution < -0.4 is 0 Å². The predicted octanol–water partition coefficient (Wildman–Crippen LogP) is 3.62. The summed E-state index contributed by atoms with van der Waals surface area (Å²) >= 11 is 0. The summed E-state index contributed by atoms with van der Waals surface area (Å²) in [5, 5.41) is 4.00. The normalized spacial score (nSPS) is 22.1. The summed E-state index contributed by atoms with van der Waals surface area (Å²) < 4.78 is 19.0. The summed E-state index contributed by atoms with van der Waals surface area (Å²) in [6, 6.07) is 5.68. The van der Waals surface area contributed by atoms with Gasteiger partial charge in [-0.05, 0) is 37.8 Å². The van der Waals surface area contributed by atoms with Gasteiger partial charge in [-0.15, -0.1) is 0 Å². The molecule has 0 radical (unpaired) electrons. The summed E-state index contributed by atoms with van der Waals surface area (Å²) in [6.07, 6.45) is 3.21. The van der Waals surface area contributed by atoms with E-state index in [1.807, 2.05) is 25.7 Å². The highest BCUT2D eigenvalue weighted by Gasteiger charge is 2.41. The van der Waals surface area contributed by atoms with Gasteiger partial charge in [0.15, 0.2) is 0 Å². The van der Waals surface area contributed by atoms with E-state index in [0.717, 1.165) is 19.3 Å². The zero-order chi connectivity index (χ0) is 22.2. The fourth-order valence-electron chi connectivity index (χ4n) is 4.43. The molecule has 4 rings (SSSR count). The fraction of sp³-hybridized carbons (Fsp3) is 0.565. The van der Waals surface area contributed by atoms with Gasteiger partial charge in [0.25, 0.3) is 0 Å². The number of halogens is 1. The highest BCUT2D eigenvalue weighted by atomic mass is 19.1. The summed E-state index contributed by atoms with van der Waals surface area (Å²) in [4.78, 5) is 34.2. The van der Waals surface area contributed by atoms with Crippen LogP contribution in [0.3, 0.4) is 0 Å². The zero-order valence-corrected chi connectivity index (χ0v) is 18.3. The standard InChI is InChI=1S/C23H29FN4O3/c1-23(2,3)22(30)28-12-6-10-18(28)21(29)27-11-5-8-16(14-27)20-25-19(26-31-20)15-7-4-9-17(24)13-15/h4,7,9,13,16,18H,5-6,8,10-12,14H2,1-3H3. The maximum atomic E-state index is 13.5. The first kappa shape index (κ1) is 21.5. The number of likely N-dealkylation sites (tertiary alicyclic amines) is 2. The fourth-order valence-corrected chi connectivity index (χ4v) is 4.43. The van der Waals surface area contributed by atoms with Crippen LogP contribution in [0.4, 0.5) is 4.39 Å². The molecule has 8 heteroatoms. The van der Waals surface area contributed by atoms with Crippen LogP contribution in [0, 0.1) is 11.2 Å². The number of aromatic nitrogens is 2. The average Bonchev–Trinajstić information content (AvgIpc) is 3.42. The van der Waals surface area contributed by atoms with Gasteiger partial charge in [-0.2, -0.15) is 4.98 Å². The van der Waals surface area contributed by atoms with Gasteiger partial charge in [0.2, 0.25) is 23.5 Å². The van der Waals surface area contributed by atoms with E-state index in [-0.39, 0.29) is 23.5 Å². The van der Waals surface area contributed by atoms with Gasteiger partial charge < -0.3 is 14.3 Å². The molecule has 0 aliphatic carbocycles. The van der Waals surface area contributed by atoms with Crippen LogP contribution in [0.25, 0.3) is 11.4 Å². The van der Waals surface area contributed by atoms with Crippen molar-refractivity contribution in [3.63, 3.8) is 0 Å². The molecule has 0 N–H and O–H groups in total. The second kappa shape index (κ2) is 8.40. The number of carbonyl (C=O) groups is 2. The quantitative estimate of drug-likeness (QED) is 0.746. The predicted molar refractivity (Wildman–Crippen MR) is 112 cm³/mol. The van der Waals surface area contributed by atoms with Crippen molar-refractivity contribution < 1.29 is 18.5 Å². The summed E-state index contributed by atoms with van der Waals surface area (Å²) in [5.74, 6) is 0.407. The smallest absolute Gasteiger partial charge is 0.245 e. The molecular weight excluding hydrogens is 399 g/mol. The Labute approximate surface area is 181 Å². The van der Waals surface area contributed by atoms with Gasteiger partial charge in [0.1, 0.15) is 11.9 Å². The lowest BCUT2D eigenvalue weighted by Gasteiger charge is -2.36. The molecule has 1 aromatic carbocycles. The lowest BCUT2D eigenvalue weighted by Crippen LogP contribution is -2.52. The van der Waals surface area contributed by atoms with E-state index in [4.69, 9.17) is 4.52 Å². The first-order valence-corrected chi connectivity index (χ1v) is 10.9. The molecule has 166 valence electrons. The third-order valence-electron chi connectivity index (χ3n) is 6.05. The number of benzene rings is 1. The largest absolute Gasteiger partial charge is 0.340 e. The Balaban J connectivity index is 1.46. The molecule has 2 aromatic rings. The van der Waals surface area contributed by atoms with Crippen LogP contribution >= 0.6 is 0 Å². The molecule has 0 bridgehead atoms. The van der Waals surface area contributed by atoms with Crippen LogP contribution in [-0.2, 0) is 9.59 Å². The van der Waals surface area contributed by atoms with Crippen LogP contribution in [0.15, 0.2) is 28.8 Å². The van der Waals surface area contributed by atoms with Crippen molar-refractivity contribution >= 4 is 11.8 Å². The lowest BCUT2D eigenvalue weighted by atomic mass is 9.93. The van der Waals surface area contributed by atoms with Crippen LogP contribution in [-0.4, -0.2) is 57.4 Å². The second-order valence-corrected chi connectivity index (χ2v) is 9.50. The molecule has 2 aliphatic rings. The van der Waals surface area contributed by atoms with E-state index in [9.17, 15) is 14.0 Å². The number of piperidine rings is 1. The number of carbonyl (C=O) groups excluding carboxylic acids is 2. The molecule has 2 fully saturated rings. The summed E-state index contributed by atoms with van der Waals surface area (Å²) in [6.45, 7) is 7.43. The first-order valence-electron chi connectivity index (χ1n) is 10.9. The second-order valence-electron chi connectivity index (χ2n) is 9.50. The third-order valence-corrected chi connectivity index (χ3v) is 6.05. The Morgan fingerprint density at radius 2 is 1.94 bits per heavy atom. The van der Waals surface area contributed by atoms with Crippen molar-refractivity contribution in [1.82, 2.24) is 19.9 Å². The molecule has 2 saturated heterocycles. The highest BCUT2D eigenvalue weighted by molar-refractivity contribution is 5.90. The van der Waals surface area contributed by atoms with E-state index < -0.39 is 11.5 Å².